The number of nitrogens with zero attached hydrogens (tertiary/aromatic N) is 2. The van der Waals surface area contributed by atoms with Crippen LogP contribution in [-0.2, 0) is 4.79 Å². The van der Waals surface area contributed by atoms with Gasteiger partial charge in [0.05, 0.1) is 6.10 Å². The fourth-order valence-corrected chi connectivity index (χ4v) is 2.87. The van der Waals surface area contributed by atoms with Gasteiger partial charge in [0.1, 0.15) is 0 Å². The summed E-state index contributed by atoms with van der Waals surface area (Å²) in [6.45, 7) is 5.53. The van der Waals surface area contributed by atoms with Gasteiger partial charge in [0.25, 0.3) is 0 Å². The first-order valence-electron chi connectivity index (χ1n) is 7.95. The summed E-state index contributed by atoms with van der Waals surface area (Å²) in [5.74, 6) is 6.18. The van der Waals surface area contributed by atoms with Crippen molar-refractivity contribution < 1.29 is 9.90 Å². The second-order valence-electron chi connectivity index (χ2n) is 5.77. The minimum Gasteiger partial charge on any atom is -0.393 e. The third-order valence-corrected chi connectivity index (χ3v) is 4.43. The maximum atomic E-state index is 10.1. The van der Waals surface area contributed by atoms with Crippen molar-refractivity contribution in [2.45, 2.75) is 32.8 Å². The summed E-state index contributed by atoms with van der Waals surface area (Å²) < 4.78 is 0. The van der Waals surface area contributed by atoms with Crippen molar-refractivity contribution in [1.82, 2.24) is 9.88 Å². The smallest absolute Gasteiger partial charge is 0.209 e. The number of hydrogen-bond acceptors (Lipinski definition) is 4. The van der Waals surface area contributed by atoms with E-state index in [1.165, 1.54) is 10.4 Å². The number of rotatable bonds is 1. The van der Waals surface area contributed by atoms with Crippen molar-refractivity contribution in [2.75, 3.05) is 13.1 Å². The first-order valence-corrected chi connectivity index (χ1v) is 8.77. The van der Waals surface area contributed by atoms with Crippen LogP contribution in [0, 0.1) is 25.7 Å². The topological polar surface area (TPSA) is 53.4 Å². The average molecular weight is 342 g/mol. The van der Waals surface area contributed by atoms with Crippen molar-refractivity contribution >= 4 is 17.7 Å². The number of thiazole rings is 1. The lowest BCUT2D eigenvalue weighted by molar-refractivity contribution is -0.119. The van der Waals surface area contributed by atoms with Crippen LogP contribution in [0.4, 0.5) is 0 Å². The Morgan fingerprint density at radius 3 is 2.62 bits per heavy atom. The van der Waals surface area contributed by atoms with Crippen LogP contribution in [-0.4, -0.2) is 40.6 Å². The quantitative estimate of drug-likeness (QED) is 0.640. The minimum atomic E-state index is -0.179. The number of carbonyl (C=O) groups is 1. The van der Waals surface area contributed by atoms with Crippen molar-refractivity contribution in [2.24, 2.45) is 0 Å². The molecule has 0 unspecified atom stereocenters. The van der Waals surface area contributed by atoms with Crippen molar-refractivity contribution in [3.8, 4) is 11.8 Å². The molecular weight excluding hydrogens is 320 g/mol. The van der Waals surface area contributed by atoms with E-state index in [0.717, 1.165) is 29.8 Å². The molecule has 24 heavy (non-hydrogen) atoms. The highest BCUT2D eigenvalue weighted by atomic mass is 32.1. The normalized spacial score (nSPS) is 14.2. The number of likely N-dealkylation sites (tertiary alicyclic amines) is 1. The molecule has 0 spiro atoms. The third-order valence-electron chi connectivity index (χ3n) is 3.60. The number of piperidine rings is 1. The van der Waals surface area contributed by atoms with Gasteiger partial charge < -0.3 is 10.0 Å². The van der Waals surface area contributed by atoms with Crippen LogP contribution in [0.5, 0.6) is 0 Å². The van der Waals surface area contributed by atoms with Gasteiger partial charge in [-0.2, -0.15) is 0 Å². The van der Waals surface area contributed by atoms with Gasteiger partial charge in [-0.3, -0.25) is 4.79 Å². The zero-order valence-corrected chi connectivity index (χ0v) is 14.8. The van der Waals surface area contributed by atoms with Crippen LogP contribution in [0.2, 0.25) is 0 Å². The van der Waals surface area contributed by atoms with E-state index in [1.54, 1.807) is 16.2 Å². The van der Waals surface area contributed by atoms with Gasteiger partial charge in [-0.25, -0.2) is 4.98 Å². The Morgan fingerprint density at radius 2 is 2.04 bits per heavy atom. The van der Waals surface area contributed by atoms with E-state index in [9.17, 15) is 4.79 Å². The molecular formula is C19H22N2O2S. The highest BCUT2D eigenvalue weighted by molar-refractivity contribution is 7.12. The third kappa shape index (κ3) is 6.15. The minimum absolute atomic E-state index is 0.179. The molecule has 1 N–H and O–H groups in total. The molecule has 0 atom stereocenters. The van der Waals surface area contributed by atoms with E-state index in [2.05, 4.69) is 35.9 Å². The van der Waals surface area contributed by atoms with Crippen molar-refractivity contribution in [3.63, 3.8) is 0 Å². The predicted octanol–water partition coefficient (Wildman–Crippen LogP) is 2.76. The first kappa shape index (κ1) is 18.2. The molecule has 3 rings (SSSR count). The number of benzene rings is 1. The van der Waals surface area contributed by atoms with E-state index < -0.39 is 0 Å². The fraction of sp³-hybridized carbons (Fsp3) is 0.368. The van der Waals surface area contributed by atoms with Crippen LogP contribution >= 0.6 is 11.3 Å². The number of aliphatic hydroxyl groups is 1. The van der Waals surface area contributed by atoms with Gasteiger partial charge >= 0.3 is 0 Å². The molecule has 1 aliphatic rings. The Bertz CT molecular complexity index is 722. The van der Waals surface area contributed by atoms with E-state index in [1.807, 2.05) is 25.3 Å². The van der Waals surface area contributed by atoms with Gasteiger partial charge in [-0.05, 0) is 50.3 Å². The molecule has 0 bridgehead atoms. The summed E-state index contributed by atoms with van der Waals surface area (Å²) >= 11 is 1.63. The van der Waals surface area contributed by atoms with Crippen LogP contribution < -0.4 is 0 Å². The monoisotopic (exact) mass is 342 g/mol. The lowest BCUT2D eigenvalue weighted by Gasteiger charge is -2.25. The zero-order valence-electron chi connectivity index (χ0n) is 14.0. The number of carbonyl (C=O) groups excluding carboxylic acids is 1. The predicted molar refractivity (Wildman–Crippen MR) is 96.9 cm³/mol. The Balaban J connectivity index is 0.000000198. The summed E-state index contributed by atoms with van der Waals surface area (Å²) in [7, 11) is 0. The molecule has 2 heterocycles. The maximum Gasteiger partial charge on any atom is 0.209 e. The molecule has 1 aromatic carbocycles. The van der Waals surface area contributed by atoms with Crippen molar-refractivity contribution in [3.05, 3.63) is 51.5 Å². The summed E-state index contributed by atoms with van der Waals surface area (Å²) in [6, 6.07) is 8.18. The fourth-order valence-electron chi connectivity index (χ4n) is 2.25. The lowest BCUT2D eigenvalue weighted by Crippen LogP contribution is -2.34. The molecule has 1 fully saturated rings. The van der Waals surface area contributed by atoms with E-state index in [4.69, 9.17) is 5.11 Å². The largest absolute Gasteiger partial charge is 0.393 e. The molecule has 1 aromatic heterocycles. The zero-order chi connectivity index (χ0) is 17.4. The van der Waals surface area contributed by atoms with E-state index in [0.29, 0.717) is 13.1 Å². The van der Waals surface area contributed by atoms with Crippen LogP contribution in [0.3, 0.4) is 0 Å². The Labute approximate surface area is 147 Å². The van der Waals surface area contributed by atoms with Crippen LogP contribution in [0.15, 0.2) is 30.5 Å². The number of hydrogen-bond donors (Lipinski definition) is 1. The summed E-state index contributed by atoms with van der Waals surface area (Å²) in [5, 5.41) is 9.86. The lowest BCUT2D eigenvalue weighted by atomic mass is 10.1. The van der Waals surface area contributed by atoms with Gasteiger partial charge in [0.15, 0.2) is 5.01 Å². The average Bonchev–Trinajstić information content (AvgIpc) is 3.00. The SMILES string of the molecule is Cc1cccc(C#Cc2ncc(C)s2)c1.O=CN1CCC(O)CC1. The summed E-state index contributed by atoms with van der Waals surface area (Å²) in [6.07, 6.45) is 3.98. The Hall–Kier alpha value is -2.16. The van der Waals surface area contributed by atoms with Gasteiger partial charge in [-0.15, -0.1) is 11.3 Å². The van der Waals surface area contributed by atoms with E-state index >= 15 is 0 Å². The number of aryl methyl sites for hydroxylation is 2. The Kier molecular flexibility index (Phi) is 6.98. The molecule has 4 nitrogen and oxygen atoms in total. The van der Waals surface area contributed by atoms with Gasteiger partial charge in [-0.1, -0.05) is 18.1 Å². The molecule has 1 aliphatic heterocycles. The first-order chi connectivity index (χ1) is 11.6. The van der Waals surface area contributed by atoms with Gasteiger partial charge in [0, 0.05) is 29.7 Å². The molecule has 0 radical (unpaired) electrons. The van der Waals surface area contributed by atoms with Crippen LogP contribution in [0.1, 0.15) is 33.9 Å². The molecule has 5 heteroatoms. The number of amides is 1. The molecule has 0 saturated carbocycles. The molecule has 1 saturated heterocycles. The van der Waals surface area contributed by atoms with Crippen LogP contribution in [0.25, 0.3) is 0 Å². The van der Waals surface area contributed by atoms with Crippen molar-refractivity contribution in [1.29, 1.82) is 0 Å². The molecule has 0 aliphatic carbocycles. The second kappa shape index (κ2) is 9.21. The molecule has 1 amide bonds. The molecule has 2 aromatic rings. The maximum absolute atomic E-state index is 10.1. The highest BCUT2D eigenvalue weighted by Crippen LogP contribution is 2.10. The van der Waals surface area contributed by atoms with Gasteiger partial charge in [0.2, 0.25) is 6.41 Å². The molecule has 126 valence electrons. The van der Waals surface area contributed by atoms with E-state index in [-0.39, 0.29) is 6.10 Å². The highest BCUT2D eigenvalue weighted by Gasteiger charge is 2.14. The Morgan fingerprint density at radius 1 is 1.29 bits per heavy atom. The second-order valence-corrected chi connectivity index (χ2v) is 7.00. The standard InChI is InChI=1S/C13H11NS.C6H11NO2/c1-10-4-3-5-12(8-10)6-7-13-14-9-11(2)15-13;8-5-7-3-1-6(9)2-4-7/h3-5,8-9H,1-2H3;5-6,9H,1-4H2. The number of aliphatic hydroxyl groups excluding tert-OH is 1. The number of aromatic nitrogens is 1. The summed E-state index contributed by atoms with van der Waals surface area (Å²) in [5.41, 5.74) is 2.28. The summed E-state index contributed by atoms with van der Waals surface area (Å²) in [4.78, 5) is 17.2.